The van der Waals surface area contributed by atoms with Crippen LogP contribution in [0.2, 0.25) is 0 Å². The molecule has 2 aliphatic rings. The van der Waals surface area contributed by atoms with Crippen molar-refractivity contribution in [2.45, 2.75) is 11.7 Å². The fraction of sp³-hybridized carbons (Fsp3) is 0.318. The average Bonchev–Trinajstić information content (AvgIpc) is 3.06. The second-order valence-electron chi connectivity index (χ2n) is 7.11. The third-order valence-corrected chi connectivity index (χ3v) is 6.47. The third-order valence-electron chi connectivity index (χ3n) is 5.28. The molecule has 1 atom stereocenters. The molecular formula is C22H23N3O3S. The first kappa shape index (κ1) is 19.5. The summed E-state index contributed by atoms with van der Waals surface area (Å²) in [6.07, 6.45) is 0.146. The summed E-state index contributed by atoms with van der Waals surface area (Å²) in [5.41, 5.74) is 1.76. The van der Waals surface area contributed by atoms with Crippen LogP contribution in [-0.2, 0) is 14.4 Å². The number of nitrogens with zero attached hydrogens (tertiary/aromatic N) is 3. The lowest BCUT2D eigenvalue weighted by molar-refractivity contribution is -0.128. The second kappa shape index (κ2) is 8.69. The van der Waals surface area contributed by atoms with Crippen molar-refractivity contribution in [3.8, 4) is 0 Å². The maximum Gasteiger partial charge on any atom is 0.247 e. The number of thioether (sulfide) groups is 1. The van der Waals surface area contributed by atoms with Gasteiger partial charge in [-0.15, -0.1) is 11.8 Å². The van der Waals surface area contributed by atoms with Gasteiger partial charge in [0, 0.05) is 38.3 Å². The van der Waals surface area contributed by atoms with Gasteiger partial charge in [-0.1, -0.05) is 36.4 Å². The van der Waals surface area contributed by atoms with Crippen molar-refractivity contribution in [3.05, 3.63) is 60.7 Å². The Hall–Kier alpha value is -2.80. The van der Waals surface area contributed by atoms with Crippen molar-refractivity contribution in [3.63, 3.8) is 0 Å². The molecule has 0 bridgehead atoms. The van der Waals surface area contributed by atoms with E-state index in [-0.39, 0.29) is 29.9 Å². The molecule has 0 aliphatic carbocycles. The molecular weight excluding hydrogens is 386 g/mol. The molecule has 0 saturated carbocycles. The van der Waals surface area contributed by atoms with Crippen LogP contribution < -0.4 is 9.80 Å². The van der Waals surface area contributed by atoms with Crippen molar-refractivity contribution in [2.75, 3.05) is 41.7 Å². The summed E-state index contributed by atoms with van der Waals surface area (Å²) >= 11 is 1.28. The summed E-state index contributed by atoms with van der Waals surface area (Å²) in [4.78, 5) is 42.9. The van der Waals surface area contributed by atoms with Crippen LogP contribution in [0.4, 0.5) is 11.4 Å². The molecule has 2 aromatic carbocycles. The Morgan fingerprint density at radius 3 is 2.07 bits per heavy atom. The summed E-state index contributed by atoms with van der Waals surface area (Å²) in [7, 11) is 0. The first-order chi connectivity index (χ1) is 14.1. The van der Waals surface area contributed by atoms with E-state index in [1.807, 2.05) is 29.2 Å². The minimum Gasteiger partial charge on any atom is -0.368 e. The lowest BCUT2D eigenvalue weighted by Gasteiger charge is -2.36. The molecule has 2 aliphatic heterocycles. The molecule has 2 fully saturated rings. The quantitative estimate of drug-likeness (QED) is 0.710. The fourth-order valence-electron chi connectivity index (χ4n) is 3.70. The van der Waals surface area contributed by atoms with Crippen LogP contribution >= 0.6 is 11.8 Å². The molecule has 0 aromatic heterocycles. The van der Waals surface area contributed by atoms with E-state index in [0.717, 1.165) is 13.1 Å². The van der Waals surface area contributed by atoms with Crippen LogP contribution in [0.25, 0.3) is 0 Å². The highest BCUT2D eigenvalue weighted by molar-refractivity contribution is 8.01. The molecule has 4 rings (SSSR count). The van der Waals surface area contributed by atoms with Gasteiger partial charge in [0.2, 0.25) is 17.7 Å². The second-order valence-corrected chi connectivity index (χ2v) is 8.30. The molecule has 7 heteroatoms. The summed E-state index contributed by atoms with van der Waals surface area (Å²) < 4.78 is 0. The maximum absolute atomic E-state index is 12.7. The van der Waals surface area contributed by atoms with Crippen LogP contribution in [-0.4, -0.2) is 59.8 Å². The minimum atomic E-state index is -0.489. The van der Waals surface area contributed by atoms with Crippen LogP contribution in [0, 0.1) is 0 Å². The highest BCUT2D eigenvalue weighted by Crippen LogP contribution is 2.29. The van der Waals surface area contributed by atoms with E-state index in [0.29, 0.717) is 18.8 Å². The highest BCUT2D eigenvalue weighted by Gasteiger charge is 2.40. The predicted octanol–water partition coefficient (Wildman–Crippen LogP) is 2.40. The van der Waals surface area contributed by atoms with Crippen LogP contribution in [0.1, 0.15) is 6.42 Å². The number of rotatable bonds is 5. The number of carbonyl (C=O) groups excluding carboxylic acids is 3. The Kier molecular flexibility index (Phi) is 5.85. The SMILES string of the molecule is O=C(CS[C@H]1CC(=O)N(c2ccccc2)C1=O)N1CCN(c2ccccc2)CC1. The fourth-order valence-corrected chi connectivity index (χ4v) is 4.73. The van der Waals surface area contributed by atoms with Crippen molar-refractivity contribution in [1.29, 1.82) is 0 Å². The van der Waals surface area contributed by atoms with Gasteiger partial charge in [-0.2, -0.15) is 0 Å². The summed E-state index contributed by atoms with van der Waals surface area (Å²) in [6, 6.07) is 19.1. The molecule has 2 saturated heterocycles. The zero-order valence-corrected chi connectivity index (χ0v) is 16.9. The molecule has 2 aromatic rings. The Bertz CT molecular complexity index is 883. The van der Waals surface area contributed by atoms with Gasteiger partial charge in [0.15, 0.2) is 0 Å². The van der Waals surface area contributed by atoms with E-state index in [1.165, 1.54) is 22.3 Å². The predicted molar refractivity (Wildman–Crippen MR) is 115 cm³/mol. The van der Waals surface area contributed by atoms with Crippen LogP contribution in [0.5, 0.6) is 0 Å². The Morgan fingerprint density at radius 2 is 1.45 bits per heavy atom. The Morgan fingerprint density at radius 1 is 0.862 bits per heavy atom. The van der Waals surface area contributed by atoms with Gasteiger partial charge in [0.25, 0.3) is 0 Å². The van der Waals surface area contributed by atoms with Crippen LogP contribution in [0.15, 0.2) is 60.7 Å². The molecule has 0 spiro atoms. The number of hydrogen-bond acceptors (Lipinski definition) is 5. The molecule has 29 heavy (non-hydrogen) atoms. The van der Waals surface area contributed by atoms with Crippen molar-refractivity contribution >= 4 is 40.9 Å². The zero-order valence-electron chi connectivity index (χ0n) is 16.1. The summed E-state index contributed by atoms with van der Waals surface area (Å²) in [5, 5.41) is -0.489. The number of benzene rings is 2. The van der Waals surface area contributed by atoms with Crippen molar-refractivity contribution < 1.29 is 14.4 Å². The van der Waals surface area contributed by atoms with E-state index >= 15 is 0 Å². The number of hydrogen-bond donors (Lipinski definition) is 0. The Labute approximate surface area is 174 Å². The topological polar surface area (TPSA) is 60.9 Å². The number of anilines is 2. The number of para-hydroxylation sites is 2. The van der Waals surface area contributed by atoms with E-state index < -0.39 is 5.25 Å². The van der Waals surface area contributed by atoms with Gasteiger partial charge >= 0.3 is 0 Å². The van der Waals surface area contributed by atoms with Gasteiger partial charge in [-0.25, -0.2) is 4.90 Å². The third kappa shape index (κ3) is 4.29. The van der Waals surface area contributed by atoms with Gasteiger partial charge in [0.1, 0.15) is 0 Å². The standard InChI is InChI=1S/C22H23N3O3S/c26-20-15-19(22(28)25(20)18-9-5-2-6-10-18)29-16-21(27)24-13-11-23(12-14-24)17-7-3-1-4-8-17/h1-10,19H,11-16H2/t19-/m0/s1. The van der Waals surface area contributed by atoms with Gasteiger partial charge in [-0.3, -0.25) is 14.4 Å². The molecule has 0 N–H and O–H groups in total. The van der Waals surface area contributed by atoms with Gasteiger partial charge < -0.3 is 9.80 Å². The number of piperazine rings is 1. The maximum atomic E-state index is 12.7. The number of carbonyl (C=O) groups is 3. The smallest absolute Gasteiger partial charge is 0.247 e. The van der Waals surface area contributed by atoms with E-state index in [1.54, 1.807) is 24.3 Å². The molecule has 2 heterocycles. The summed E-state index contributed by atoms with van der Waals surface area (Å²) in [6.45, 7) is 2.93. The molecule has 6 nitrogen and oxygen atoms in total. The first-order valence-corrected chi connectivity index (χ1v) is 10.8. The summed E-state index contributed by atoms with van der Waals surface area (Å²) in [5.74, 6) is -0.186. The number of amides is 3. The van der Waals surface area contributed by atoms with Crippen LogP contribution in [0.3, 0.4) is 0 Å². The Balaban J connectivity index is 1.28. The number of imide groups is 1. The van der Waals surface area contributed by atoms with E-state index in [4.69, 9.17) is 0 Å². The molecule has 3 amide bonds. The first-order valence-electron chi connectivity index (χ1n) is 9.75. The molecule has 0 unspecified atom stereocenters. The van der Waals surface area contributed by atoms with E-state index in [2.05, 4.69) is 17.0 Å². The van der Waals surface area contributed by atoms with E-state index in [9.17, 15) is 14.4 Å². The van der Waals surface area contributed by atoms with Gasteiger partial charge in [0.05, 0.1) is 16.7 Å². The lowest BCUT2D eigenvalue weighted by atomic mass is 10.2. The minimum absolute atomic E-state index is 0.0288. The normalized spacial score (nSPS) is 19.7. The largest absolute Gasteiger partial charge is 0.368 e. The average molecular weight is 410 g/mol. The van der Waals surface area contributed by atoms with Crippen molar-refractivity contribution in [1.82, 2.24) is 4.90 Å². The van der Waals surface area contributed by atoms with Crippen molar-refractivity contribution in [2.24, 2.45) is 0 Å². The highest BCUT2D eigenvalue weighted by atomic mass is 32.2. The van der Waals surface area contributed by atoms with Gasteiger partial charge in [-0.05, 0) is 24.3 Å². The monoisotopic (exact) mass is 409 g/mol. The lowest BCUT2D eigenvalue weighted by Crippen LogP contribution is -2.49. The molecule has 0 radical (unpaired) electrons. The zero-order chi connectivity index (χ0) is 20.2. The molecule has 150 valence electrons.